The zero-order valence-corrected chi connectivity index (χ0v) is 11.5. The summed E-state index contributed by atoms with van der Waals surface area (Å²) in [5.74, 6) is 0.278. The van der Waals surface area contributed by atoms with E-state index < -0.39 is 0 Å². The first-order valence-electron chi connectivity index (χ1n) is 6.42. The van der Waals surface area contributed by atoms with E-state index in [9.17, 15) is 0 Å². The molecule has 0 radical (unpaired) electrons. The van der Waals surface area contributed by atoms with Crippen LogP contribution in [0, 0.1) is 5.41 Å². The van der Waals surface area contributed by atoms with Crippen LogP contribution in [0.5, 0.6) is 0 Å². The van der Waals surface area contributed by atoms with Crippen LogP contribution in [0.3, 0.4) is 0 Å². The van der Waals surface area contributed by atoms with Crippen molar-refractivity contribution >= 4 is 5.84 Å². The molecular weight excluding hydrogens is 234 g/mol. The summed E-state index contributed by atoms with van der Waals surface area (Å²) < 4.78 is 5.14. The Kier molecular flexibility index (Phi) is 9.63. The molecule has 18 heavy (non-hydrogen) atoms. The van der Waals surface area contributed by atoms with E-state index in [0.29, 0.717) is 13.2 Å². The lowest BCUT2D eigenvalue weighted by Crippen LogP contribution is -2.32. The van der Waals surface area contributed by atoms with E-state index in [4.69, 9.17) is 20.8 Å². The Morgan fingerprint density at radius 3 is 2.56 bits per heavy atom. The quantitative estimate of drug-likeness (QED) is 0.143. The summed E-state index contributed by atoms with van der Waals surface area (Å²) >= 11 is 0. The fraction of sp³-hybridized carbons (Fsp3) is 0.917. The summed E-state index contributed by atoms with van der Waals surface area (Å²) in [5.41, 5.74) is 5.34. The first-order valence-corrected chi connectivity index (χ1v) is 6.42. The SMILES string of the molecule is CC(C)(CCCNCCCOCCO)C(N)=NO. The van der Waals surface area contributed by atoms with Crippen molar-refractivity contribution in [3.8, 4) is 0 Å². The summed E-state index contributed by atoms with van der Waals surface area (Å²) in [6.07, 6.45) is 2.78. The molecule has 0 aromatic carbocycles. The fourth-order valence-electron chi connectivity index (χ4n) is 1.51. The van der Waals surface area contributed by atoms with Crippen molar-refractivity contribution in [1.29, 1.82) is 0 Å². The lowest BCUT2D eigenvalue weighted by atomic mass is 9.86. The van der Waals surface area contributed by atoms with Crippen LogP contribution in [0.2, 0.25) is 0 Å². The second kappa shape index (κ2) is 10.1. The van der Waals surface area contributed by atoms with E-state index in [1.165, 1.54) is 0 Å². The molecule has 5 N–H and O–H groups in total. The number of oxime groups is 1. The van der Waals surface area contributed by atoms with Gasteiger partial charge in [0, 0.05) is 12.0 Å². The summed E-state index contributed by atoms with van der Waals surface area (Å²) in [4.78, 5) is 0. The molecule has 0 bridgehead atoms. The van der Waals surface area contributed by atoms with Crippen LogP contribution < -0.4 is 11.1 Å². The minimum atomic E-state index is -0.263. The molecular formula is C12H27N3O3. The molecule has 0 amide bonds. The third-order valence-electron chi connectivity index (χ3n) is 2.83. The van der Waals surface area contributed by atoms with Gasteiger partial charge < -0.3 is 26.1 Å². The first kappa shape index (κ1) is 17.2. The molecule has 0 fully saturated rings. The van der Waals surface area contributed by atoms with Crippen LogP contribution in [0.25, 0.3) is 0 Å². The Morgan fingerprint density at radius 2 is 1.94 bits per heavy atom. The van der Waals surface area contributed by atoms with Crippen LogP contribution in [0.1, 0.15) is 33.1 Å². The van der Waals surface area contributed by atoms with Crippen molar-refractivity contribution in [1.82, 2.24) is 5.32 Å². The van der Waals surface area contributed by atoms with Crippen LogP contribution in [0.4, 0.5) is 0 Å². The number of ether oxygens (including phenoxy) is 1. The largest absolute Gasteiger partial charge is 0.409 e. The fourth-order valence-corrected chi connectivity index (χ4v) is 1.51. The highest BCUT2D eigenvalue weighted by Crippen LogP contribution is 2.21. The minimum absolute atomic E-state index is 0.0797. The Balaban J connectivity index is 3.40. The van der Waals surface area contributed by atoms with Crippen LogP contribution in [0.15, 0.2) is 5.16 Å². The van der Waals surface area contributed by atoms with Gasteiger partial charge in [-0.25, -0.2) is 0 Å². The number of nitrogens with two attached hydrogens (primary N) is 1. The van der Waals surface area contributed by atoms with Crippen molar-refractivity contribution in [3.63, 3.8) is 0 Å². The first-order chi connectivity index (χ1) is 8.54. The molecule has 0 aromatic heterocycles. The van der Waals surface area contributed by atoms with Crippen molar-refractivity contribution in [2.45, 2.75) is 33.1 Å². The summed E-state index contributed by atoms with van der Waals surface area (Å²) in [7, 11) is 0. The Hall–Kier alpha value is -0.850. The van der Waals surface area contributed by atoms with Gasteiger partial charge >= 0.3 is 0 Å². The summed E-state index contributed by atoms with van der Waals surface area (Å²) in [6.45, 7) is 6.89. The lowest BCUT2D eigenvalue weighted by molar-refractivity contribution is 0.0907. The average Bonchev–Trinajstić information content (AvgIpc) is 2.35. The van der Waals surface area contributed by atoms with E-state index in [2.05, 4.69) is 10.5 Å². The van der Waals surface area contributed by atoms with E-state index >= 15 is 0 Å². The smallest absolute Gasteiger partial charge is 0.144 e. The van der Waals surface area contributed by atoms with Gasteiger partial charge in [0.1, 0.15) is 5.84 Å². The molecule has 6 heteroatoms. The normalized spacial score (nSPS) is 12.9. The van der Waals surface area contributed by atoms with Gasteiger partial charge in [-0.1, -0.05) is 19.0 Å². The second-order valence-corrected chi connectivity index (χ2v) is 4.91. The molecule has 0 rings (SSSR count). The van der Waals surface area contributed by atoms with Crippen molar-refractivity contribution in [3.05, 3.63) is 0 Å². The van der Waals surface area contributed by atoms with Crippen LogP contribution >= 0.6 is 0 Å². The lowest BCUT2D eigenvalue weighted by Gasteiger charge is -2.22. The van der Waals surface area contributed by atoms with Gasteiger partial charge in [-0.05, 0) is 32.4 Å². The zero-order valence-electron chi connectivity index (χ0n) is 11.5. The number of aliphatic hydroxyl groups excluding tert-OH is 1. The Morgan fingerprint density at radius 1 is 1.28 bits per heavy atom. The third kappa shape index (κ3) is 8.27. The van der Waals surface area contributed by atoms with Crippen LogP contribution in [-0.4, -0.2) is 49.1 Å². The topological polar surface area (TPSA) is 100 Å². The molecule has 0 aliphatic carbocycles. The van der Waals surface area contributed by atoms with Gasteiger partial charge in [-0.15, -0.1) is 0 Å². The second-order valence-electron chi connectivity index (χ2n) is 4.91. The Bertz CT molecular complexity index is 233. The average molecular weight is 261 g/mol. The Labute approximate surface area is 109 Å². The number of amidine groups is 1. The van der Waals surface area contributed by atoms with E-state index in [1.807, 2.05) is 13.8 Å². The molecule has 0 spiro atoms. The maximum Gasteiger partial charge on any atom is 0.144 e. The zero-order chi connectivity index (χ0) is 13.9. The van der Waals surface area contributed by atoms with E-state index in [-0.39, 0.29) is 17.9 Å². The summed E-state index contributed by atoms with van der Waals surface area (Å²) in [5, 5.41) is 23.5. The van der Waals surface area contributed by atoms with Crippen molar-refractivity contribution in [2.24, 2.45) is 16.3 Å². The molecule has 0 unspecified atom stereocenters. The minimum Gasteiger partial charge on any atom is -0.409 e. The number of hydrogen-bond acceptors (Lipinski definition) is 5. The number of aliphatic hydroxyl groups is 1. The molecule has 0 saturated heterocycles. The molecule has 6 nitrogen and oxygen atoms in total. The third-order valence-corrected chi connectivity index (χ3v) is 2.83. The highest BCUT2D eigenvalue weighted by atomic mass is 16.5. The molecule has 108 valence electrons. The van der Waals surface area contributed by atoms with Gasteiger partial charge in [0.2, 0.25) is 0 Å². The molecule has 0 aromatic rings. The van der Waals surface area contributed by atoms with Crippen molar-refractivity contribution in [2.75, 3.05) is 32.9 Å². The molecule has 0 saturated carbocycles. The molecule has 0 aliphatic rings. The van der Waals surface area contributed by atoms with Crippen molar-refractivity contribution < 1.29 is 15.1 Å². The number of hydrogen-bond donors (Lipinski definition) is 4. The maximum absolute atomic E-state index is 8.63. The van der Waals surface area contributed by atoms with E-state index in [1.54, 1.807) is 0 Å². The van der Waals surface area contributed by atoms with Gasteiger partial charge in [-0.2, -0.15) is 0 Å². The monoisotopic (exact) mass is 261 g/mol. The molecule has 0 heterocycles. The van der Waals surface area contributed by atoms with Gasteiger partial charge in [-0.3, -0.25) is 0 Å². The predicted molar refractivity (Wildman–Crippen MR) is 71.8 cm³/mol. The maximum atomic E-state index is 8.63. The van der Waals surface area contributed by atoms with Gasteiger partial charge in [0.25, 0.3) is 0 Å². The standard InChI is InChI=1S/C12H27N3O3/c1-12(2,11(13)15-17)5-3-6-14-7-4-9-18-10-8-16/h14,16-17H,3-10H2,1-2H3,(H2,13,15). The highest BCUT2D eigenvalue weighted by Gasteiger charge is 2.22. The van der Waals surface area contributed by atoms with Gasteiger partial charge in [0.15, 0.2) is 0 Å². The van der Waals surface area contributed by atoms with E-state index in [0.717, 1.165) is 32.4 Å². The summed E-state index contributed by atoms with van der Waals surface area (Å²) in [6, 6.07) is 0. The predicted octanol–water partition coefficient (Wildman–Crippen LogP) is 0.528. The molecule has 0 aliphatic heterocycles. The number of nitrogens with one attached hydrogen (secondary N) is 1. The van der Waals surface area contributed by atoms with Gasteiger partial charge in [0.05, 0.1) is 13.2 Å². The number of nitrogens with zero attached hydrogens (tertiary/aromatic N) is 1. The highest BCUT2D eigenvalue weighted by molar-refractivity contribution is 5.85. The molecule has 0 atom stereocenters. The number of rotatable bonds is 11. The van der Waals surface area contributed by atoms with Crippen LogP contribution in [-0.2, 0) is 4.74 Å².